The fraction of sp³-hybridized carbons (Fsp3) is 0.310. The van der Waals surface area contributed by atoms with Crippen molar-refractivity contribution in [2.75, 3.05) is 13.2 Å². The second kappa shape index (κ2) is 11.3. The quantitative estimate of drug-likeness (QED) is 0.243. The van der Waals surface area contributed by atoms with Crippen molar-refractivity contribution in [3.8, 4) is 11.5 Å². The van der Waals surface area contributed by atoms with Crippen molar-refractivity contribution in [3.63, 3.8) is 0 Å². The van der Waals surface area contributed by atoms with E-state index >= 15 is 0 Å². The Kier molecular flexibility index (Phi) is 7.95. The highest BCUT2D eigenvalue weighted by molar-refractivity contribution is 5.91. The highest BCUT2D eigenvalue weighted by Crippen LogP contribution is 2.29. The van der Waals surface area contributed by atoms with Crippen LogP contribution in [0.1, 0.15) is 59.1 Å². The number of carboxylic acids is 1. The Balaban J connectivity index is 1.30. The molecule has 1 N–H and O–H groups in total. The molecule has 1 heterocycles. The van der Waals surface area contributed by atoms with Gasteiger partial charge >= 0.3 is 5.97 Å². The molecule has 0 fully saturated rings. The van der Waals surface area contributed by atoms with Crippen LogP contribution in [0.25, 0.3) is 22.2 Å². The Bertz CT molecular complexity index is 1310. The molecule has 0 unspecified atom stereocenters. The zero-order valence-corrected chi connectivity index (χ0v) is 20.4. The van der Waals surface area contributed by atoms with E-state index in [9.17, 15) is 9.90 Å². The number of carbonyl (C=O) groups is 1. The van der Waals surface area contributed by atoms with Crippen LogP contribution in [0.3, 0.4) is 0 Å². The molecule has 0 saturated heterocycles. The van der Waals surface area contributed by atoms with Gasteiger partial charge in [0.1, 0.15) is 11.5 Å². The number of carboxylic acid groups (broad SMARTS) is 1. The minimum atomic E-state index is -0.929. The Labute approximate surface area is 205 Å². The third kappa shape index (κ3) is 5.96. The van der Waals surface area contributed by atoms with Gasteiger partial charge < -0.3 is 19.0 Å². The zero-order valence-electron chi connectivity index (χ0n) is 20.4. The number of hydrogen-bond donors (Lipinski definition) is 1. The van der Waals surface area contributed by atoms with E-state index in [2.05, 4.69) is 38.1 Å². The first-order chi connectivity index (χ1) is 16.9. The molecule has 182 valence electrons. The van der Waals surface area contributed by atoms with Gasteiger partial charge in [0.2, 0.25) is 5.89 Å². The van der Waals surface area contributed by atoms with Gasteiger partial charge in [-0.25, -0.2) is 9.78 Å². The molecule has 3 aromatic carbocycles. The van der Waals surface area contributed by atoms with Crippen LogP contribution < -0.4 is 0 Å². The van der Waals surface area contributed by atoms with E-state index in [4.69, 9.17) is 18.9 Å². The standard InChI is InChI=1S/C29H31NO5/c1-19(2)27-25(30-28(35-27)23-13-12-21-9-4-5-10-22(21)16-23)18-34-15-7-14-33-17-24-11-6-8-20(3)26(24)29(31)32/h4-6,8-13,16,19H,7,14-15,17-18H2,1-3H3,(H,31,32). The minimum Gasteiger partial charge on any atom is -0.478 e. The number of aryl methyl sites for hydroxylation is 1. The Hall–Kier alpha value is -3.48. The van der Waals surface area contributed by atoms with E-state index in [1.807, 2.05) is 24.3 Å². The first-order valence-corrected chi connectivity index (χ1v) is 11.9. The molecular weight excluding hydrogens is 442 g/mol. The number of aromatic nitrogens is 1. The molecule has 35 heavy (non-hydrogen) atoms. The molecule has 0 aliphatic carbocycles. The SMILES string of the molecule is Cc1cccc(COCCCOCc2nc(-c3ccc4ccccc4c3)oc2C(C)C)c1C(=O)O. The summed E-state index contributed by atoms with van der Waals surface area (Å²) in [5.41, 5.74) is 3.50. The fourth-order valence-electron chi connectivity index (χ4n) is 4.13. The van der Waals surface area contributed by atoms with Crippen LogP contribution in [0, 0.1) is 6.92 Å². The summed E-state index contributed by atoms with van der Waals surface area (Å²) in [5.74, 6) is 0.705. The number of aromatic carboxylic acids is 1. The average molecular weight is 474 g/mol. The molecule has 0 amide bonds. The number of nitrogens with zero attached hydrogens (tertiary/aromatic N) is 1. The Morgan fingerprint density at radius 3 is 2.46 bits per heavy atom. The van der Waals surface area contributed by atoms with Gasteiger partial charge in [-0.15, -0.1) is 0 Å². The van der Waals surface area contributed by atoms with Crippen LogP contribution in [0.2, 0.25) is 0 Å². The van der Waals surface area contributed by atoms with Crippen molar-refractivity contribution < 1.29 is 23.8 Å². The number of hydrogen-bond acceptors (Lipinski definition) is 5. The van der Waals surface area contributed by atoms with Crippen LogP contribution in [-0.4, -0.2) is 29.3 Å². The van der Waals surface area contributed by atoms with E-state index in [0.29, 0.717) is 43.3 Å². The lowest BCUT2D eigenvalue weighted by atomic mass is 10.0. The highest BCUT2D eigenvalue weighted by Gasteiger charge is 2.18. The summed E-state index contributed by atoms with van der Waals surface area (Å²) in [7, 11) is 0. The van der Waals surface area contributed by atoms with Crippen LogP contribution >= 0.6 is 0 Å². The van der Waals surface area contributed by atoms with Gasteiger partial charge in [0.25, 0.3) is 0 Å². The lowest BCUT2D eigenvalue weighted by molar-refractivity contribution is 0.0638. The summed E-state index contributed by atoms with van der Waals surface area (Å²) >= 11 is 0. The monoisotopic (exact) mass is 473 g/mol. The molecule has 0 atom stereocenters. The molecule has 1 aromatic heterocycles. The molecule has 4 rings (SSSR count). The topological polar surface area (TPSA) is 81.8 Å². The van der Waals surface area contributed by atoms with Crippen LogP contribution in [0.5, 0.6) is 0 Å². The summed E-state index contributed by atoms with van der Waals surface area (Å²) in [6, 6.07) is 19.9. The van der Waals surface area contributed by atoms with Crippen LogP contribution in [-0.2, 0) is 22.7 Å². The molecule has 0 aliphatic rings. The first-order valence-electron chi connectivity index (χ1n) is 11.9. The van der Waals surface area contributed by atoms with Crippen molar-refractivity contribution in [2.24, 2.45) is 0 Å². The Morgan fingerprint density at radius 1 is 0.971 bits per heavy atom. The second-order valence-electron chi connectivity index (χ2n) is 8.92. The molecule has 6 nitrogen and oxygen atoms in total. The van der Waals surface area contributed by atoms with Crippen molar-refractivity contribution in [3.05, 3.63) is 88.8 Å². The lowest BCUT2D eigenvalue weighted by Gasteiger charge is -2.10. The number of fused-ring (bicyclic) bond motifs is 1. The van der Waals surface area contributed by atoms with Gasteiger partial charge in [-0.3, -0.25) is 0 Å². The number of ether oxygens (including phenoxy) is 2. The van der Waals surface area contributed by atoms with Crippen LogP contribution in [0.4, 0.5) is 0 Å². The number of oxazole rings is 1. The predicted octanol–water partition coefficient (Wildman–Crippen LogP) is 6.75. The molecule has 0 bridgehead atoms. The maximum atomic E-state index is 11.5. The molecule has 0 aliphatic heterocycles. The molecule has 0 radical (unpaired) electrons. The summed E-state index contributed by atoms with van der Waals surface area (Å²) in [6.45, 7) is 7.57. The molecule has 0 saturated carbocycles. The van der Waals surface area contributed by atoms with E-state index < -0.39 is 5.97 Å². The Morgan fingerprint density at radius 2 is 1.71 bits per heavy atom. The second-order valence-corrected chi connectivity index (χ2v) is 8.92. The summed E-state index contributed by atoms with van der Waals surface area (Å²) in [4.78, 5) is 16.2. The number of rotatable bonds is 11. The van der Waals surface area contributed by atoms with Gasteiger partial charge in [0, 0.05) is 24.7 Å². The van der Waals surface area contributed by atoms with Gasteiger partial charge in [0.05, 0.1) is 18.8 Å². The van der Waals surface area contributed by atoms with Crippen molar-refractivity contribution in [2.45, 2.75) is 46.3 Å². The molecular formula is C29H31NO5. The minimum absolute atomic E-state index is 0.191. The van der Waals surface area contributed by atoms with Gasteiger partial charge in [-0.1, -0.05) is 62.4 Å². The number of benzene rings is 3. The molecule has 4 aromatic rings. The molecule has 6 heteroatoms. The average Bonchev–Trinajstić information content (AvgIpc) is 3.27. The van der Waals surface area contributed by atoms with Gasteiger partial charge in [-0.2, -0.15) is 0 Å². The van der Waals surface area contributed by atoms with E-state index in [1.165, 1.54) is 5.39 Å². The van der Waals surface area contributed by atoms with Crippen molar-refractivity contribution >= 4 is 16.7 Å². The van der Waals surface area contributed by atoms with Gasteiger partial charge in [0.15, 0.2) is 0 Å². The normalized spacial score (nSPS) is 11.4. The lowest BCUT2D eigenvalue weighted by Crippen LogP contribution is -2.08. The largest absolute Gasteiger partial charge is 0.478 e. The van der Waals surface area contributed by atoms with E-state index in [0.717, 1.165) is 28.0 Å². The summed E-state index contributed by atoms with van der Waals surface area (Å²) in [6.07, 6.45) is 0.695. The third-order valence-electron chi connectivity index (χ3n) is 5.89. The van der Waals surface area contributed by atoms with Crippen molar-refractivity contribution in [1.29, 1.82) is 0 Å². The molecule has 0 spiro atoms. The van der Waals surface area contributed by atoms with E-state index in [-0.39, 0.29) is 12.5 Å². The zero-order chi connectivity index (χ0) is 24.8. The maximum Gasteiger partial charge on any atom is 0.336 e. The van der Waals surface area contributed by atoms with Gasteiger partial charge in [-0.05, 0) is 47.4 Å². The predicted molar refractivity (Wildman–Crippen MR) is 136 cm³/mol. The van der Waals surface area contributed by atoms with Crippen molar-refractivity contribution in [1.82, 2.24) is 4.98 Å². The van der Waals surface area contributed by atoms with E-state index in [1.54, 1.807) is 19.1 Å². The van der Waals surface area contributed by atoms with Crippen LogP contribution in [0.15, 0.2) is 65.1 Å². The maximum absolute atomic E-state index is 11.5. The fourth-order valence-corrected chi connectivity index (χ4v) is 4.13. The smallest absolute Gasteiger partial charge is 0.336 e. The first kappa shape index (κ1) is 24.6. The third-order valence-corrected chi connectivity index (χ3v) is 5.89. The highest BCUT2D eigenvalue weighted by atomic mass is 16.5. The summed E-state index contributed by atoms with van der Waals surface area (Å²) < 4.78 is 17.7. The summed E-state index contributed by atoms with van der Waals surface area (Å²) in [5, 5.41) is 11.7.